The number of aromatic nitrogens is 1. The molecule has 0 bridgehead atoms. The predicted octanol–water partition coefficient (Wildman–Crippen LogP) is 5.93. The first-order chi connectivity index (χ1) is 21.5. The van der Waals surface area contributed by atoms with Gasteiger partial charge in [0.15, 0.2) is 0 Å². The Bertz CT molecular complexity index is 2100. The second kappa shape index (κ2) is 12.7. The number of amides is 1. The van der Waals surface area contributed by atoms with Crippen molar-refractivity contribution in [3.63, 3.8) is 0 Å². The van der Waals surface area contributed by atoms with Crippen LogP contribution in [0.15, 0.2) is 96.0 Å². The van der Waals surface area contributed by atoms with Gasteiger partial charge in [0.25, 0.3) is 15.9 Å². The molecular formula is C32H21ClF2N4O5S. The lowest BCUT2D eigenvalue weighted by molar-refractivity contribution is -0.139. The Balaban J connectivity index is 1.41. The van der Waals surface area contributed by atoms with E-state index in [1.165, 1.54) is 30.3 Å². The number of rotatable bonds is 9. The Morgan fingerprint density at radius 2 is 1.64 bits per heavy atom. The van der Waals surface area contributed by atoms with E-state index in [0.29, 0.717) is 50.3 Å². The number of hydrogen-bond acceptors (Lipinski definition) is 6. The van der Waals surface area contributed by atoms with Crippen LogP contribution >= 0.6 is 11.6 Å². The van der Waals surface area contributed by atoms with Crippen molar-refractivity contribution in [2.24, 2.45) is 0 Å². The van der Waals surface area contributed by atoms with E-state index < -0.39 is 50.8 Å². The van der Waals surface area contributed by atoms with E-state index in [-0.39, 0.29) is 11.3 Å². The van der Waals surface area contributed by atoms with Crippen LogP contribution in [-0.2, 0) is 21.2 Å². The molecule has 1 heterocycles. The third kappa shape index (κ3) is 6.59. The average molecular weight is 647 g/mol. The highest BCUT2D eigenvalue weighted by molar-refractivity contribution is 7.92. The van der Waals surface area contributed by atoms with Crippen LogP contribution in [0.5, 0.6) is 0 Å². The highest BCUT2D eigenvalue weighted by atomic mass is 35.5. The highest BCUT2D eigenvalue weighted by Gasteiger charge is 2.27. The first-order valence-corrected chi connectivity index (χ1v) is 15.0. The van der Waals surface area contributed by atoms with Crippen molar-refractivity contribution in [3.05, 3.63) is 124 Å². The summed E-state index contributed by atoms with van der Waals surface area (Å²) in [6, 6.07) is 20.2. The van der Waals surface area contributed by atoms with Gasteiger partial charge in [-0.25, -0.2) is 22.0 Å². The minimum atomic E-state index is -4.18. The summed E-state index contributed by atoms with van der Waals surface area (Å²) < 4.78 is 57.1. The van der Waals surface area contributed by atoms with Gasteiger partial charge in [0.05, 0.1) is 27.7 Å². The fourth-order valence-electron chi connectivity index (χ4n) is 4.74. The first kappa shape index (κ1) is 31.1. The summed E-state index contributed by atoms with van der Waals surface area (Å²) in [5.74, 6) is -5.62. The molecule has 0 aliphatic heterocycles. The van der Waals surface area contributed by atoms with Gasteiger partial charge in [0.2, 0.25) is 0 Å². The van der Waals surface area contributed by atoms with Crippen LogP contribution in [-0.4, -0.2) is 36.4 Å². The lowest BCUT2D eigenvalue weighted by Crippen LogP contribution is -2.43. The molecule has 3 N–H and O–H groups in total. The maximum absolute atomic E-state index is 15.0. The van der Waals surface area contributed by atoms with E-state index in [9.17, 15) is 31.9 Å². The van der Waals surface area contributed by atoms with E-state index in [2.05, 4.69) is 15.0 Å². The number of halogens is 3. The van der Waals surface area contributed by atoms with Crippen LogP contribution in [0.25, 0.3) is 22.0 Å². The molecule has 1 unspecified atom stereocenters. The van der Waals surface area contributed by atoms with Crippen LogP contribution in [0.2, 0.25) is 5.02 Å². The molecule has 45 heavy (non-hydrogen) atoms. The molecule has 0 fully saturated rings. The molecule has 1 aromatic heterocycles. The van der Waals surface area contributed by atoms with Gasteiger partial charge in [-0.05, 0) is 48.0 Å². The lowest BCUT2D eigenvalue weighted by Gasteiger charge is -2.18. The van der Waals surface area contributed by atoms with E-state index in [1.54, 1.807) is 48.7 Å². The first-order valence-electron chi connectivity index (χ1n) is 13.2. The Morgan fingerprint density at radius 3 is 2.29 bits per heavy atom. The van der Waals surface area contributed by atoms with Gasteiger partial charge >= 0.3 is 5.97 Å². The standard InChI is InChI=1S/C32H21ClF2N4O5S/c33-25-13-18(17-36)8-10-23(25)24-11-9-19(22-7-4-12-37-30(22)24)14-28(32(41)42)38-31(40)29-26(34)15-20(16-27(29)35)39-45(43,44)21-5-2-1-3-6-21/h1-13,15-16,28,39H,14H2,(H,38,40)(H,41,42). The topological polar surface area (TPSA) is 149 Å². The van der Waals surface area contributed by atoms with E-state index in [1.807, 2.05) is 6.07 Å². The zero-order chi connectivity index (χ0) is 32.3. The van der Waals surface area contributed by atoms with Crippen molar-refractivity contribution in [1.29, 1.82) is 5.26 Å². The van der Waals surface area contributed by atoms with Crippen molar-refractivity contribution in [2.45, 2.75) is 17.4 Å². The number of carbonyl (C=O) groups is 2. The Kier molecular flexibility index (Phi) is 8.76. The van der Waals surface area contributed by atoms with Crippen molar-refractivity contribution in [2.75, 3.05) is 4.72 Å². The number of sulfonamides is 1. The number of carboxylic acids is 1. The number of carbonyl (C=O) groups excluding carboxylic acids is 1. The number of nitrogens with zero attached hydrogens (tertiary/aromatic N) is 2. The minimum absolute atomic E-state index is 0.146. The maximum atomic E-state index is 15.0. The van der Waals surface area contributed by atoms with Gasteiger partial charge in [-0.3, -0.25) is 14.5 Å². The smallest absolute Gasteiger partial charge is 0.326 e. The summed E-state index contributed by atoms with van der Waals surface area (Å²) in [5.41, 5.74) is 0.964. The molecule has 1 amide bonds. The van der Waals surface area contributed by atoms with E-state index in [4.69, 9.17) is 16.9 Å². The number of nitriles is 1. The number of aliphatic carboxylic acids is 1. The molecule has 5 aromatic rings. The van der Waals surface area contributed by atoms with Gasteiger partial charge in [-0.2, -0.15) is 5.26 Å². The molecular weight excluding hydrogens is 626 g/mol. The molecule has 0 aliphatic carbocycles. The quantitative estimate of drug-likeness (QED) is 0.180. The fourth-order valence-corrected chi connectivity index (χ4v) is 6.09. The van der Waals surface area contributed by atoms with Crippen molar-refractivity contribution >= 4 is 50.1 Å². The molecule has 0 spiro atoms. The summed E-state index contributed by atoms with van der Waals surface area (Å²) >= 11 is 6.42. The molecule has 0 aliphatic rings. The largest absolute Gasteiger partial charge is 0.480 e. The lowest BCUT2D eigenvalue weighted by atomic mass is 9.94. The summed E-state index contributed by atoms with van der Waals surface area (Å²) in [7, 11) is -4.18. The molecule has 13 heteroatoms. The van der Waals surface area contributed by atoms with Crippen LogP contribution in [0, 0.1) is 23.0 Å². The summed E-state index contributed by atoms with van der Waals surface area (Å²) in [5, 5.41) is 22.1. The van der Waals surface area contributed by atoms with Gasteiger partial charge < -0.3 is 10.4 Å². The Morgan fingerprint density at radius 1 is 0.956 bits per heavy atom. The van der Waals surface area contributed by atoms with Gasteiger partial charge in [-0.15, -0.1) is 0 Å². The van der Waals surface area contributed by atoms with Gasteiger partial charge in [0.1, 0.15) is 23.2 Å². The number of anilines is 1. The number of nitrogens with one attached hydrogen (secondary N) is 2. The number of pyridine rings is 1. The van der Waals surface area contributed by atoms with Crippen molar-refractivity contribution in [1.82, 2.24) is 10.3 Å². The molecule has 0 radical (unpaired) electrons. The maximum Gasteiger partial charge on any atom is 0.326 e. The van der Waals surface area contributed by atoms with Crippen molar-refractivity contribution < 1.29 is 31.9 Å². The van der Waals surface area contributed by atoms with Crippen LogP contribution < -0.4 is 10.0 Å². The normalized spacial score (nSPS) is 11.9. The zero-order valence-corrected chi connectivity index (χ0v) is 24.5. The third-order valence-electron chi connectivity index (χ3n) is 6.85. The fraction of sp³-hybridized carbons (Fsp3) is 0.0625. The highest BCUT2D eigenvalue weighted by Crippen LogP contribution is 2.35. The second-order valence-electron chi connectivity index (χ2n) is 9.78. The monoisotopic (exact) mass is 646 g/mol. The second-order valence-corrected chi connectivity index (χ2v) is 11.9. The number of fused-ring (bicyclic) bond motifs is 1. The number of benzene rings is 4. The predicted molar refractivity (Wildman–Crippen MR) is 163 cm³/mol. The SMILES string of the molecule is N#Cc1ccc(-c2ccc(CC(NC(=O)c3c(F)cc(NS(=O)(=O)c4ccccc4)cc3F)C(=O)O)c3cccnc23)c(Cl)c1. The molecule has 1 atom stereocenters. The van der Waals surface area contributed by atoms with Gasteiger partial charge in [0, 0.05) is 34.2 Å². The molecule has 0 saturated carbocycles. The molecule has 226 valence electrons. The minimum Gasteiger partial charge on any atom is -0.480 e. The molecule has 4 aromatic carbocycles. The van der Waals surface area contributed by atoms with Gasteiger partial charge in [-0.1, -0.05) is 54.1 Å². The molecule has 5 rings (SSSR count). The van der Waals surface area contributed by atoms with Crippen molar-refractivity contribution in [3.8, 4) is 17.2 Å². The Labute approximate surface area is 260 Å². The van der Waals surface area contributed by atoms with Crippen LogP contribution in [0.4, 0.5) is 14.5 Å². The zero-order valence-electron chi connectivity index (χ0n) is 23.0. The van der Waals surface area contributed by atoms with Crippen LogP contribution in [0.3, 0.4) is 0 Å². The third-order valence-corrected chi connectivity index (χ3v) is 8.56. The van der Waals surface area contributed by atoms with Crippen LogP contribution in [0.1, 0.15) is 21.5 Å². The molecule has 0 saturated heterocycles. The number of carboxylic acid groups (broad SMARTS) is 1. The number of hydrogen-bond donors (Lipinski definition) is 3. The molecule has 9 nitrogen and oxygen atoms in total. The summed E-state index contributed by atoms with van der Waals surface area (Å²) in [6.45, 7) is 0. The Hall–Kier alpha value is -5.38. The average Bonchev–Trinajstić information content (AvgIpc) is 3.00. The summed E-state index contributed by atoms with van der Waals surface area (Å²) in [4.78, 5) is 29.4. The summed E-state index contributed by atoms with van der Waals surface area (Å²) in [6.07, 6.45) is 1.27. The van der Waals surface area contributed by atoms with E-state index in [0.717, 1.165) is 0 Å². The van der Waals surface area contributed by atoms with E-state index >= 15 is 0 Å².